The van der Waals surface area contributed by atoms with Gasteiger partial charge in [0.2, 0.25) is 15.9 Å². The Morgan fingerprint density at radius 3 is 2.41 bits per heavy atom. The highest BCUT2D eigenvalue weighted by Crippen LogP contribution is 2.29. The SMILES string of the molecule is Cc1c(Cl)cccc1N(CC(=O)Nc1cccc([N+](=O)[O-])c1C)S(C)(=O)=O. The van der Waals surface area contributed by atoms with E-state index in [0.29, 0.717) is 10.6 Å². The summed E-state index contributed by atoms with van der Waals surface area (Å²) in [5.41, 5.74) is 1.18. The van der Waals surface area contributed by atoms with Crippen molar-refractivity contribution in [1.29, 1.82) is 0 Å². The quantitative estimate of drug-likeness (QED) is 0.579. The molecule has 0 aliphatic rings. The van der Waals surface area contributed by atoms with Crippen molar-refractivity contribution in [2.45, 2.75) is 13.8 Å². The summed E-state index contributed by atoms with van der Waals surface area (Å²) >= 11 is 6.06. The average molecular weight is 412 g/mol. The molecule has 0 bridgehead atoms. The van der Waals surface area contributed by atoms with E-state index in [1.165, 1.54) is 25.1 Å². The molecule has 0 saturated carbocycles. The van der Waals surface area contributed by atoms with Gasteiger partial charge in [-0.1, -0.05) is 23.7 Å². The Morgan fingerprint density at radius 1 is 1.19 bits per heavy atom. The van der Waals surface area contributed by atoms with Gasteiger partial charge in [-0.2, -0.15) is 0 Å². The van der Waals surface area contributed by atoms with Crippen LogP contribution in [0.4, 0.5) is 17.1 Å². The Labute approximate surface area is 162 Å². The predicted octanol–water partition coefficient (Wildman–Crippen LogP) is 3.27. The molecule has 2 rings (SSSR count). The van der Waals surface area contributed by atoms with Crippen LogP contribution in [0.3, 0.4) is 0 Å². The van der Waals surface area contributed by atoms with Gasteiger partial charge in [-0.25, -0.2) is 8.42 Å². The molecule has 0 aliphatic heterocycles. The molecular formula is C17H18ClN3O5S. The van der Waals surface area contributed by atoms with E-state index in [9.17, 15) is 23.3 Å². The molecular weight excluding hydrogens is 394 g/mol. The van der Waals surface area contributed by atoms with Crippen molar-refractivity contribution in [2.24, 2.45) is 0 Å². The van der Waals surface area contributed by atoms with Crippen molar-refractivity contribution in [3.05, 3.63) is 62.7 Å². The summed E-state index contributed by atoms with van der Waals surface area (Å²) in [6, 6.07) is 9.03. The summed E-state index contributed by atoms with van der Waals surface area (Å²) in [5.74, 6) is -0.636. The van der Waals surface area contributed by atoms with E-state index < -0.39 is 27.4 Å². The van der Waals surface area contributed by atoms with Crippen LogP contribution in [0, 0.1) is 24.0 Å². The van der Waals surface area contributed by atoms with E-state index in [2.05, 4.69) is 5.32 Å². The van der Waals surface area contributed by atoms with Crippen LogP contribution in [0.5, 0.6) is 0 Å². The van der Waals surface area contributed by atoms with Gasteiger partial charge >= 0.3 is 0 Å². The fourth-order valence-electron chi connectivity index (χ4n) is 2.52. The minimum atomic E-state index is -3.77. The third kappa shape index (κ3) is 4.75. The van der Waals surface area contributed by atoms with E-state index in [1.807, 2.05) is 0 Å². The smallest absolute Gasteiger partial charge is 0.274 e. The number of anilines is 2. The van der Waals surface area contributed by atoms with Crippen LogP contribution in [0.2, 0.25) is 5.02 Å². The molecule has 0 aromatic heterocycles. The van der Waals surface area contributed by atoms with Gasteiger partial charge in [0.1, 0.15) is 6.54 Å². The first-order chi connectivity index (χ1) is 12.5. The Kier molecular flexibility index (Phi) is 6.07. The fourth-order valence-corrected chi connectivity index (χ4v) is 3.60. The number of nitro groups is 1. The number of sulfonamides is 1. The highest BCUT2D eigenvalue weighted by molar-refractivity contribution is 7.92. The third-order valence-electron chi connectivity index (χ3n) is 3.97. The van der Waals surface area contributed by atoms with Crippen molar-refractivity contribution in [1.82, 2.24) is 0 Å². The Hall–Kier alpha value is -2.65. The minimum absolute atomic E-state index is 0.140. The zero-order chi connectivity index (χ0) is 20.4. The molecule has 10 heteroatoms. The normalized spacial score (nSPS) is 11.1. The van der Waals surface area contributed by atoms with Crippen LogP contribution in [0.15, 0.2) is 36.4 Å². The van der Waals surface area contributed by atoms with E-state index >= 15 is 0 Å². The number of nitrogens with one attached hydrogen (secondary N) is 1. The van der Waals surface area contributed by atoms with E-state index in [1.54, 1.807) is 25.1 Å². The number of hydrogen-bond acceptors (Lipinski definition) is 5. The summed E-state index contributed by atoms with van der Waals surface area (Å²) < 4.78 is 25.4. The summed E-state index contributed by atoms with van der Waals surface area (Å²) in [7, 11) is -3.77. The molecule has 0 saturated heterocycles. The first-order valence-electron chi connectivity index (χ1n) is 7.79. The molecule has 2 aromatic carbocycles. The van der Waals surface area contributed by atoms with E-state index in [0.717, 1.165) is 10.6 Å². The molecule has 0 atom stereocenters. The Balaban J connectivity index is 2.32. The van der Waals surface area contributed by atoms with Crippen LogP contribution >= 0.6 is 11.6 Å². The second-order valence-electron chi connectivity index (χ2n) is 5.91. The van der Waals surface area contributed by atoms with Gasteiger partial charge in [0, 0.05) is 11.1 Å². The number of benzene rings is 2. The topological polar surface area (TPSA) is 110 Å². The van der Waals surface area contributed by atoms with Crippen molar-refractivity contribution in [3.63, 3.8) is 0 Å². The molecule has 0 heterocycles. The van der Waals surface area contributed by atoms with Crippen molar-refractivity contribution in [3.8, 4) is 0 Å². The molecule has 0 spiro atoms. The van der Waals surface area contributed by atoms with E-state index in [4.69, 9.17) is 11.6 Å². The number of hydrogen-bond donors (Lipinski definition) is 1. The lowest BCUT2D eigenvalue weighted by molar-refractivity contribution is -0.385. The highest BCUT2D eigenvalue weighted by atomic mass is 35.5. The number of halogens is 1. The molecule has 0 radical (unpaired) electrons. The predicted molar refractivity (Wildman–Crippen MR) is 105 cm³/mol. The van der Waals surface area contributed by atoms with Crippen molar-refractivity contribution >= 4 is 44.6 Å². The second kappa shape index (κ2) is 7.93. The number of rotatable bonds is 6. The summed E-state index contributed by atoms with van der Waals surface area (Å²) in [5, 5.41) is 13.9. The number of carbonyl (C=O) groups excluding carboxylic acids is 1. The minimum Gasteiger partial charge on any atom is -0.324 e. The molecule has 1 N–H and O–H groups in total. The molecule has 27 heavy (non-hydrogen) atoms. The molecule has 8 nitrogen and oxygen atoms in total. The molecule has 0 aliphatic carbocycles. The maximum absolute atomic E-state index is 12.5. The average Bonchev–Trinajstić information content (AvgIpc) is 2.56. The van der Waals surface area contributed by atoms with Gasteiger partial charge in [0.05, 0.1) is 28.1 Å². The largest absolute Gasteiger partial charge is 0.324 e. The molecule has 0 unspecified atom stereocenters. The number of nitrogens with zero attached hydrogens (tertiary/aromatic N) is 2. The van der Waals surface area contributed by atoms with Gasteiger partial charge in [-0.3, -0.25) is 19.2 Å². The third-order valence-corrected chi connectivity index (χ3v) is 5.51. The zero-order valence-electron chi connectivity index (χ0n) is 14.9. The first kappa shape index (κ1) is 20.7. The van der Waals surface area contributed by atoms with Crippen LogP contribution in [-0.4, -0.2) is 32.0 Å². The van der Waals surface area contributed by atoms with Gasteiger partial charge in [0.15, 0.2) is 0 Å². The lowest BCUT2D eigenvalue weighted by Crippen LogP contribution is -2.38. The fraction of sp³-hybridized carbons (Fsp3) is 0.235. The Morgan fingerprint density at radius 2 is 1.81 bits per heavy atom. The van der Waals surface area contributed by atoms with Gasteiger partial charge in [-0.15, -0.1) is 0 Å². The van der Waals surface area contributed by atoms with Crippen LogP contribution in [-0.2, 0) is 14.8 Å². The molecule has 144 valence electrons. The number of nitro benzene ring substituents is 1. The maximum Gasteiger partial charge on any atom is 0.274 e. The standard InChI is InChI=1S/C17H18ClN3O5S/c1-11-13(18)6-4-8-15(11)20(27(3,25)26)10-17(22)19-14-7-5-9-16(12(14)2)21(23)24/h4-9H,10H2,1-3H3,(H,19,22). The monoisotopic (exact) mass is 411 g/mol. The lowest BCUT2D eigenvalue weighted by atomic mass is 10.1. The van der Waals surface area contributed by atoms with Gasteiger partial charge in [0.25, 0.3) is 5.69 Å². The highest BCUT2D eigenvalue weighted by Gasteiger charge is 2.24. The van der Waals surface area contributed by atoms with Crippen molar-refractivity contribution < 1.29 is 18.1 Å². The zero-order valence-corrected chi connectivity index (χ0v) is 16.5. The summed E-state index contributed by atoms with van der Waals surface area (Å²) in [6.45, 7) is 2.66. The summed E-state index contributed by atoms with van der Waals surface area (Å²) in [6.07, 6.45) is 0.985. The van der Waals surface area contributed by atoms with Gasteiger partial charge < -0.3 is 5.32 Å². The van der Waals surface area contributed by atoms with E-state index in [-0.39, 0.29) is 22.6 Å². The number of amides is 1. The number of carbonyl (C=O) groups is 1. The van der Waals surface area contributed by atoms with Crippen molar-refractivity contribution in [2.75, 3.05) is 22.4 Å². The molecule has 1 amide bonds. The first-order valence-corrected chi connectivity index (χ1v) is 10.0. The molecule has 2 aromatic rings. The molecule has 0 fully saturated rings. The lowest BCUT2D eigenvalue weighted by Gasteiger charge is -2.24. The summed E-state index contributed by atoms with van der Waals surface area (Å²) in [4.78, 5) is 22.9. The Bertz CT molecular complexity index is 1010. The van der Waals surface area contributed by atoms with Crippen LogP contribution in [0.1, 0.15) is 11.1 Å². The maximum atomic E-state index is 12.5. The van der Waals surface area contributed by atoms with Crippen LogP contribution in [0.25, 0.3) is 0 Å². The van der Waals surface area contributed by atoms with Crippen LogP contribution < -0.4 is 9.62 Å². The van der Waals surface area contributed by atoms with Gasteiger partial charge in [-0.05, 0) is 37.6 Å². The second-order valence-corrected chi connectivity index (χ2v) is 8.22.